The van der Waals surface area contributed by atoms with Gasteiger partial charge in [0.1, 0.15) is 11.8 Å². The summed E-state index contributed by atoms with van der Waals surface area (Å²) in [6.07, 6.45) is -3.08. The summed E-state index contributed by atoms with van der Waals surface area (Å²) in [6.45, 7) is -0.470. The predicted molar refractivity (Wildman–Crippen MR) is 69.1 cm³/mol. The number of hydrogen-bond acceptors (Lipinski definition) is 3. The lowest BCUT2D eigenvalue weighted by Crippen LogP contribution is -2.35. The second-order valence-electron chi connectivity index (χ2n) is 4.98. The number of halogens is 3. The van der Waals surface area contributed by atoms with Crippen molar-refractivity contribution in [3.8, 4) is 5.75 Å². The Labute approximate surface area is 120 Å². The molecule has 2 rings (SSSR count). The topological polar surface area (TPSA) is 49.8 Å². The molecule has 4 nitrogen and oxygen atoms in total. The molecule has 1 aliphatic heterocycles. The molecule has 1 atom stereocenters. The van der Waals surface area contributed by atoms with E-state index in [1.54, 1.807) is 23.1 Å². The Hall–Kier alpha value is -1.76. The van der Waals surface area contributed by atoms with E-state index in [9.17, 15) is 18.0 Å². The van der Waals surface area contributed by atoms with E-state index in [4.69, 9.17) is 9.84 Å². The van der Waals surface area contributed by atoms with Gasteiger partial charge in [-0.05, 0) is 25.5 Å². The molecule has 7 heteroatoms. The standard InChI is InChI=1S/C14H16F3NO3/c15-14(16,17)9-21-12-6-2-1-4-10(12)8-18-7-3-5-11(18)13(19)20/h1-2,4,6,11H,3,5,7-9H2,(H,19,20). The van der Waals surface area contributed by atoms with Gasteiger partial charge in [-0.3, -0.25) is 9.69 Å². The van der Waals surface area contributed by atoms with Crippen molar-refractivity contribution in [1.29, 1.82) is 0 Å². The number of ether oxygens (including phenoxy) is 1. The van der Waals surface area contributed by atoms with Crippen molar-refractivity contribution in [2.45, 2.75) is 31.6 Å². The summed E-state index contributed by atoms with van der Waals surface area (Å²) in [7, 11) is 0. The summed E-state index contributed by atoms with van der Waals surface area (Å²) in [4.78, 5) is 12.9. The number of carbonyl (C=O) groups is 1. The molecule has 1 N–H and O–H groups in total. The van der Waals surface area contributed by atoms with Crippen LogP contribution in [0.5, 0.6) is 5.75 Å². The third-order valence-corrected chi connectivity index (χ3v) is 3.39. The lowest BCUT2D eigenvalue weighted by molar-refractivity contribution is -0.153. The van der Waals surface area contributed by atoms with E-state index >= 15 is 0 Å². The summed E-state index contributed by atoms with van der Waals surface area (Å²) in [5, 5.41) is 9.12. The third-order valence-electron chi connectivity index (χ3n) is 3.39. The number of para-hydroxylation sites is 1. The van der Waals surface area contributed by atoms with E-state index in [0.717, 1.165) is 6.42 Å². The number of carboxylic acids is 1. The summed E-state index contributed by atoms with van der Waals surface area (Å²) >= 11 is 0. The zero-order chi connectivity index (χ0) is 15.5. The zero-order valence-electron chi connectivity index (χ0n) is 11.3. The fourth-order valence-electron chi connectivity index (χ4n) is 2.45. The van der Waals surface area contributed by atoms with Crippen LogP contribution < -0.4 is 4.74 Å². The molecule has 0 spiro atoms. The zero-order valence-corrected chi connectivity index (χ0v) is 11.3. The second kappa shape index (κ2) is 6.34. The van der Waals surface area contributed by atoms with Gasteiger partial charge in [0.15, 0.2) is 6.61 Å². The normalized spacial score (nSPS) is 19.7. The maximum atomic E-state index is 12.2. The molecule has 21 heavy (non-hydrogen) atoms. The lowest BCUT2D eigenvalue weighted by Gasteiger charge is -2.22. The van der Waals surface area contributed by atoms with Gasteiger partial charge in [-0.1, -0.05) is 18.2 Å². The SMILES string of the molecule is O=C(O)C1CCCN1Cc1ccccc1OCC(F)(F)F. The first-order valence-corrected chi connectivity index (χ1v) is 6.61. The number of hydrogen-bond donors (Lipinski definition) is 1. The average molecular weight is 303 g/mol. The van der Waals surface area contributed by atoms with Crippen LogP contribution in [0.3, 0.4) is 0 Å². The monoisotopic (exact) mass is 303 g/mol. The van der Waals surface area contributed by atoms with Crippen molar-refractivity contribution < 1.29 is 27.8 Å². The van der Waals surface area contributed by atoms with Crippen LogP contribution in [-0.4, -0.2) is 41.3 Å². The van der Waals surface area contributed by atoms with Gasteiger partial charge in [-0.2, -0.15) is 13.2 Å². The smallest absolute Gasteiger partial charge is 0.422 e. The summed E-state index contributed by atoms with van der Waals surface area (Å²) in [5.41, 5.74) is 0.565. The van der Waals surface area contributed by atoms with Crippen LogP contribution in [0.1, 0.15) is 18.4 Å². The molecule has 0 bridgehead atoms. The molecule has 1 saturated heterocycles. The van der Waals surface area contributed by atoms with Crippen molar-refractivity contribution in [3.63, 3.8) is 0 Å². The van der Waals surface area contributed by atoms with Crippen LogP contribution in [0.25, 0.3) is 0 Å². The van der Waals surface area contributed by atoms with Crippen molar-refractivity contribution in [3.05, 3.63) is 29.8 Å². The van der Waals surface area contributed by atoms with Gasteiger partial charge >= 0.3 is 12.1 Å². The van der Waals surface area contributed by atoms with Crippen molar-refractivity contribution >= 4 is 5.97 Å². The molecule has 1 fully saturated rings. The number of alkyl halides is 3. The predicted octanol–water partition coefficient (Wildman–Crippen LogP) is 2.68. The Morgan fingerprint density at radius 2 is 2.10 bits per heavy atom. The highest BCUT2D eigenvalue weighted by Gasteiger charge is 2.32. The largest absolute Gasteiger partial charge is 0.484 e. The number of nitrogens with zero attached hydrogens (tertiary/aromatic N) is 1. The molecule has 116 valence electrons. The van der Waals surface area contributed by atoms with Gasteiger partial charge in [0, 0.05) is 12.1 Å². The van der Waals surface area contributed by atoms with Crippen LogP contribution in [0, 0.1) is 0 Å². The van der Waals surface area contributed by atoms with Gasteiger partial charge in [0.25, 0.3) is 0 Å². The molecule has 1 aliphatic rings. The summed E-state index contributed by atoms with van der Waals surface area (Å²) < 4.78 is 41.5. The van der Waals surface area contributed by atoms with Gasteiger partial charge in [0.05, 0.1) is 0 Å². The first kappa shape index (κ1) is 15.6. The highest BCUT2D eigenvalue weighted by Crippen LogP contribution is 2.26. The molecular formula is C14H16F3NO3. The number of benzene rings is 1. The molecular weight excluding hydrogens is 287 g/mol. The maximum Gasteiger partial charge on any atom is 0.422 e. The molecule has 0 amide bonds. The number of aliphatic carboxylic acids is 1. The van der Waals surface area contributed by atoms with Crippen molar-refractivity contribution in [2.75, 3.05) is 13.2 Å². The molecule has 0 aliphatic carbocycles. The highest BCUT2D eigenvalue weighted by atomic mass is 19.4. The highest BCUT2D eigenvalue weighted by molar-refractivity contribution is 5.73. The average Bonchev–Trinajstić information content (AvgIpc) is 2.85. The van der Waals surface area contributed by atoms with Gasteiger partial charge in [0.2, 0.25) is 0 Å². The molecule has 0 saturated carbocycles. The second-order valence-corrected chi connectivity index (χ2v) is 4.98. The Morgan fingerprint density at radius 1 is 1.38 bits per heavy atom. The van der Waals surface area contributed by atoms with Crippen LogP contribution >= 0.6 is 0 Å². The van der Waals surface area contributed by atoms with Crippen LogP contribution in [0.15, 0.2) is 24.3 Å². The van der Waals surface area contributed by atoms with Crippen LogP contribution in [-0.2, 0) is 11.3 Å². The van der Waals surface area contributed by atoms with E-state index in [1.807, 2.05) is 0 Å². The molecule has 1 unspecified atom stereocenters. The van der Waals surface area contributed by atoms with Gasteiger partial charge in [-0.15, -0.1) is 0 Å². The van der Waals surface area contributed by atoms with Crippen LogP contribution in [0.4, 0.5) is 13.2 Å². The van der Waals surface area contributed by atoms with Crippen molar-refractivity contribution in [2.24, 2.45) is 0 Å². The Morgan fingerprint density at radius 3 is 2.76 bits per heavy atom. The fraction of sp³-hybridized carbons (Fsp3) is 0.500. The van der Waals surface area contributed by atoms with Crippen molar-refractivity contribution in [1.82, 2.24) is 4.90 Å². The quantitative estimate of drug-likeness (QED) is 0.908. The molecule has 0 aromatic heterocycles. The van der Waals surface area contributed by atoms with E-state index in [-0.39, 0.29) is 12.3 Å². The van der Waals surface area contributed by atoms with Crippen LogP contribution in [0.2, 0.25) is 0 Å². The lowest BCUT2D eigenvalue weighted by atomic mass is 10.1. The number of likely N-dealkylation sites (tertiary alicyclic amines) is 1. The summed E-state index contributed by atoms with van der Waals surface area (Å²) in [5.74, 6) is -0.757. The Bertz CT molecular complexity index is 504. The maximum absolute atomic E-state index is 12.2. The van der Waals surface area contributed by atoms with E-state index in [1.165, 1.54) is 6.07 Å². The Balaban J connectivity index is 2.07. The summed E-state index contributed by atoms with van der Waals surface area (Å²) in [6, 6.07) is 5.83. The minimum atomic E-state index is -4.40. The third kappa shape index (κ3) is 4.35. The van der Waals surface area contributed by atoms with Gasteiger partial charge < -0.3 is 9.84 Å². The first-order chi connectivity index (χ1) is 9.87. The number of carboxylic acid groups (broad SMARTS) is 1. The van der Waals surface area contributed by atoms with E-state index < -0.39 is 24.8 Å². The fourth-order valence-corrected chi connectivity index (χ4v) is 2.45. The minimum Gasteiger partial charge on any atom is -0.484 e. The Kier molecular flexibility index (Phi) is 4.72. The first-order valence-electron chi connectivity index (χ1n) is 6.61. The molecule has 1 aromatic rings. The van der Waals surface area contributed by atoms with E-state index in [0.29, 0.717) is 18.5 Å². The molecule has 0 radical (unpaired) electrons. The van der Waals surface area contributed by atoms with E-state index in [2.05, 4.69) is 0 Å². The minimum absolute atomic E-state index is 0.144. The molecule has 1 aromatic carbocycles. The molecule has 1 heterocycles. The number of rotatable bonds is 5. The van der Waals surface area contributed by atoms with Gasteiger partial charge in [-0.25, -0.2) is 0 Å².